The molecule has 6 unspecified atom stereocenters. The molecule has 1 aromatic rings. The Balaban J connectivity index is 2.07. The Kier molecular flexibility index (Phi) is 16.9. The van der Waals surface area contributed by atoms with Crippen LogP contribution in [0, 0.1) is 35.4 Å². The van der Waals surface area contributed by atoms with Crippen LogP contribution in [0.15, 0.2) is 53.2 Å². The number of carbonyl (C=O) groups excluding carboxylic acids is 2. The fourth-order valence-electron chi connectivity index (χ4n) is 7.14. The van der Waals surface area contributed by atoms with Gasteiger partial charge in [-0.25, -0.2) is 4.39 Å². The van der Waals surface area contributed by atoms with E-state index in [9.17, 15) is 29.3 Å². The fraction of sp³-hybridized carbons (Fsp3) is 0.667. The van der Waals surface area contributed by atoms with E-state index < -0.39 is 54.4 Å². The van der Waals surface area contributed by atoms with Gasteiger partial charge in [0.25, 0.3) is 0 Å². The lowest BCUT2D eigenvalue weighted by molar-refractivity contribution is -0.294. The molecule has 12 atom stereocenters. The molecule has 0 bridgehead atoms. The largest absolute Gasteiger partial charge is 0.462 e. The molecule has 0 aliphatic carbocycles. The van der Waals surface area contributed by atoms with E-state index in [1.54, 1.807) is 25.1 Å². The van der Waals surface area contributed by atoms with Gasteiger partial charge >= 0.3 is 5.97 Å². The van der Waals surface area contributed by atoms with E-state index in [-0.39, 0.29) is 55.9 Å². The van der Waals surface area contributed by atoms with Gasteiger partial charge < -0.3 is 44.1 Å². The van der Waals surface area contributed by atoms with Crippen LogP contribution in [0.4, 0.5) is 4.39 Å². The molecule has 2 aliphatic rings. The quantitative estimate of drug-likeness (QED) is 0.175. The van der Waals surface area contributed by atoms with Crippen LogP contribution >= 0.6 is 0 Å². The van der Waals surface area contributed by atoms with Crippen molar-refractivity contribution in [1.29, 1.82) is 0 Å². The summed E-state index contributed by atoms with van der Waals surface area (Å²) in [7, 11) is 3.77. The molecule has 12 heteroatoms. The van der Waals surface area contributed by atoms with Gasteiger partial charge in [0, 0.05) is 36.1 Å². The topological polar surface area (TPSA) is 147 Å². The van der Waals surface area contributed by atoms with E-state index in [0.29, 0.717) is 18.6 Å². The van der Waals surface area contributed by atoms with E-state index in [4.69, 9.17) is 19.0 Å². The predicted octanol–water partition coefficient (Wildman–Crippen LogP) is 4.82. The van der Waals surface area contributed by atoms with E-state index in [2.05, 4.69) is 5.16 Å². The van der Waals surface area contributed by atoms with Gasteiger partial charge in [0.05, 0.1) is 37.1 Å². The third-order valence-electron chi connectivity index (χ3n) is 10.4. The predicted molar refractivity (Wildman–Crippen MR) is 192 cm³/mol. The molecule has 0 saturated carbocycles. The van der Waals surface area contributed by atoms with Crippen molar-refractivity contribution in [3.63, 3.8) is 0 Å². The Morgan fingerprint density at radius 3 is 2.37 bits per heavy atom. The average Bonchev–Trinajstić information content (AvgIpc) is 3.08. The minimum atomic E-state index is -1.23. The first kappa shape index (κ1) is 42.4. The molecule has 3 rings (SSSR count). The third kappa shape index (κ3) is 12.0. The van der Waals surface area contributed by atoms with Gasteiger partial charge in [0.1, 0.15) is 30.9 Å². The number of nitrogens with zero attached hydrogens (tertiary/aromatic N) is 2. The molecule has 286 valence electrons. The summed E-state index contributed by atoms with van der Waals surface area (Å²) in [5, 5.41) is 37.7. The van der Waals surface area contributed by atoms with Crippen LogP contribution in [0.25, 0.3) is 0 Å². The van der Waals surface area contributed by atoms with Crippen LogP contribution in [0.2, 0.25) is 0 Å². The number of allylic oxidation sites excluding steroid dienone is 3. The monoisotopic (exact) mass is 718 g/mol. The molecule has 0 radical (unpaired) electrons. The van der Waals surface area contributed by atoms with Crippen molar-refractivity contribution in [2.24, 2.45) is 34.7 Å². The van der Waals surface area contributed by atoms with Crippen molar-refractivity contribution < 1.29 is 48.3 Å². The van der Waals surface area contributed by atoms with E-state index in [0.717, 1.165) is 17.4 Å². The number of rotatable bonds is 10. The maximum atomic E-state index is 13.5. The van der Waals surface area contributed by atoms with Gasteiger partial charge in [-0.1, -0.05) is 62.7 Å². The number of hydrogen-bond donors (Lipinski definition) is 3. The molecule has 51 heavy (non-hydrogen) atoms. The molecular formula is C39H59FN2O9. The average molecular weight is 719 g/mol. The highest BCUT2D eigenvalue weighted by Crippen LogP contribution is 2.35. The van der Waals surface area contributed by atoms with Crippen LogP contribution < -0.4 is 0 Å². The van der Waals surface area contributed by atoms with Gasteiger partial charge in [0.2, 0.25) is 0 Å². The van der Waals surface area contributed by atoms with Gasteiger partial charge in [-0.05, 0) is 70.5 Å². The van der Waals surface area contributed by atoms with E-state index in [1.807, 2.05) is 65.8 Å². The second kappa shape index (κ2) is 20.3. The number of ether oxygens (including phenoxy) is 3. The summed E-state index contributed by atoms with van der Waals surface area (Å²) in [6.07, 6.45) is 1.72. The van der Waals surface area contributed by atoms with Crippen molar-refractivity contribution in [1.82, 2.24) is 4.90 Å². The summed E-state index contributed by atoms with van der Waals surface area (Å²) in [6.45, 7) is 11.2. The number of esters is 1. The number of aldehydes is 1. The fourth-order valence-corrected chi connectivity index (χ4v) is 7.14. The number of oxime groups is 1. The Hall–Kier alpha value is -3.00. The number of aliphatic hydroxyl groups is 3. The molecule has 1 fully saturated rings. The number of aliphatic hydroxyl groups excluding tert-OH is 3. The number of benzene rings is 1. The molecule has 0 spiro atoms. The summed E-state index contributed by atoms with van der Waals surface area (Å²) < 4.78 is 32.1. The number of likely N-dealkylation sites (N-methyl/N-ethyl adjacent to an activating group) is 1. The first-order chi connectivity index (χ1) is 24.2. The minimum Gasteiger partial charge on any atom is -0.462 e. The van der Waals surface area contributed by atoms with Crippen molar-refractivity contribution >= 4 is 18.0 Å². The van der Waals surface area contributed by atoms with Crippen molar-refractivity contribution in [2.75, 3.05) is 20.7 Å². The highest BCUT2D eigenvalue weighted by molar-refractivity contribution is 5.96. The smallest absolute Gasteiger partial charge is 0.308 e. The molecule has 1 aromatic carbocycles. The van der Waals surface area contributed by atoms with Gasteiger partial charge in [-0.2, -0.15) is 0 Å². The zero-order valence-corrected chi connectivity index (χ0v) is 31.4. The molecular weight excluding hydrogens is 659 g/mol. The SMILES string of the molecule is CC[C@H]1OC(=O)C[C@@H](O)[C@H](C)[C@@H](OC2OC(C)C(C)C(N(C)C)C2O)[C@@H](CC=O)C[C@@H](C)C(=N/OCc2ccc(F)cc2)/C=C/C(C)=C/C1CO. The third-order valence-corrected chi connectivity index (χ3v) is 10.4. The summed E-state index contributed by atoms with van der Waals surface area (Å²) in [5.74, 6) is -2.98. The van der Waals surface area contributed by atoms with Gasteiger partial charge in [-0.15, -0.1) is 0 Å². The lowest BCUT2D eigenvalue weighted by Gasteiger charge is -2.47. The molecule has 0 amide bonds. The minimum absolute atomic E-state index is 0.0114. The van der Waals surface area contributed by atoms with Crippen LogP contribution in [0.5, 0.6) is 0 Å². The molecule has 1 saturated heterocycles. The van der Waals surface area contributed by atoms with Crippen LogP contribution in [-0.4, -0.2) is 102 Å². The first-order valence-corrected chi connectivity index (χ1v) is 18.1. The van der Waals surface area contributed by atoms with Crippen LogP contribution in [0.1, 0.15) is 72.8 Å². The summed E-state index contributed by atoms with van der Waals surface area (Å²) >= 11 is 0. The maximum Gasteiger partial charge on any atom is 0.308 e. The molecule has 2 aliphatic heterocycles. The number of hydrogen-bond acceptors (Lipinski definition) is 11. The summed E-state index contributed by atoms with van der Waals surface area (Å²) in [5.41, 5.74) is 2.08. The summed E-state index contributed by atoms with van der Waals surface area (Å²) in [6, 6.07) is 5.65. The number of carbonyl (C=O) groups is 2. The second-order valence-electron chi connectivity index (χ2n) is 14.5. The Bertz CT molecular complexity index is 1340. The lowest BCUT2D eigenvalue weighted by Crippen LogP contribution is -2.60. The zero-order valence-electron chi connectivity index (χ0n) is 31.4. The molecule has 0 aromatic heterocycles. The maximum absolute atomic E-state index is 13.5. The van der Waals surface area contributed by atoms with Crippen molar-refractivity contribution in [2.45, 2.75) is 117 Å². The number of halogens is 1. The second-order valence-corrected chi connectivity index (χ2v) is 14.5. The van der Waals surface area contributed by atoms with Crippen molar-refractivity contribution in [3.05, 3.63) is 59.4 Å². The highest BCUT2D eigenvalue weighted by Gasteiger charge is 2.46. The molecule has 11 nitrogen and oxygen atoms in total. The van der Waals surface area contributed by atoms with E-state index >= 15 is 0 Å². The highest BCUT2D eigenvalue weighted by atomic mass is 19.1. The summed E-state index contributed by atoms with van der Waals surface area (Å²) in [4.78, 5) is 33.1. The lowest BCUT2D eigenvalue weighted by atomic mass is 9.79. The van der Waals surface area contributed by atoms with Crippen LogP contribution in [0.3, 0.4) is 0 Å². The molecule has 2 heterocycles. The molecule has 3 N–H and O–H groups in total. The van der Waals surface area contributed by atoms with E-state index in [1.165, 1.54) is 12.1 Å². The Labute approximate surface area is 302 Å². The standard InChI is InChI=1S/C39H59FN2O9/c1-9-34-30(21-44)18-23(2)10-15-32(41-48-22-28-11-13-31(40)14-12-28)24(3)19-29(16-17-43)38(26(5)33(45)20-35(46)50-34)51-39-37(47)36(42(7)8)25(4)27(6)49-39/h10-15,17-18,24-27,29-30,33-34,36-39,44-45,47H,9,16,19-22H2,1-8H3/b15-10+,23-18+,41-32+/t24-,25?,26+,27?,29+,30?,33-,34-,36?,37?,38-,39?/m1/s1. The Morgan fingerprint density at radius 1 is 1.08 bits per heavy atom. The van der Waals surface area contributed by atoms with Gasteiger partial charge in [-0.3, -0.25) is 4.79 Å². The zero-order chi connectivity index (χ0) is 37.8. The van der Waals surface area contributed by atoms with Crippen molar-refractivity contribution in [3.8, 4) is 0 Å². The first-order valence-electron chi connectivity index (χ1n) is 18.1. The van der Waals surface area contributed by atoms with Gasteiger partial charge in [0.15, 0.2) is 6.29 Å². The van der Waals surface area contributed by atoms with Crippen LogP contribution in [-0.2, 0) is 35.2 Å². The Morgan fingerprint density at radius 2 is 1.76 bits per heavy atom. The normalized spacial score (nSPS) is 37.0. The number of cyclic esters (lactones) is 1.